The zero-order valence-electron chi connectivity index (χ0n) is 28.0. The summed E-state index contributed by atoms with van der Waals surface area (Å²) in [7, 11) is 0. The van der Waals surface area contributed by atoms with Crippen LogP contribution in [0.1, 0.15) is 56.7 Å². The topological polar surface area (TPSA) is 3.01 Å². The maximum atomic E-state index is 16.1. The van der Waals surface area contributed by atoms with E-state index in [0.29, 0.717) is 35.1 Å². The smallest absolute Gasteiger partial charge is 0.300 e. The molecule has 3 aromatic carbocycles. The monoisotopic (exact) mass is 729 g/mol. The van der Waals surface area contributed by atoms with Crippen LogP contribution in [0.3, 0.4) is 0 Å². The highest BCUT2D eigenvalue weighted by molar-refractivity contribution is 6.26. The minimum Gasteiger partial charge on any atom is -0.300 e. The number of alkyl halides is 3. The summed E-state index contributed by atoms with van der Waals surface area (Å²) in [6.45, 7) is 0. The summed E-state index contributed by atoms with van der Waals surface area (Å²) in [5, 5.41) is 2.46. The fourth-order valence-electron chi connectivity index (χ4n) is 16.2. The molecule has 1 saturated heterocycles. The van der Waals surface area contributed by atoms with Gasteiger partial charge in [-0.25, -0.2) is 17.6 Å². The van der Waals surface area contributed by atoms with Crippen molar-refractivity contribution < 1.29 is 30.7 Å². The third-order valence-corrected chi connectivity index (χ3v) is 17.2. The van der Waals surface area contributed by atoms with Crippen LogP contribution in [0.2, 0.25) is 0 Å². The summed E-state index contributed by atoms with van der Waals surface area (Å²) >= 11 is 0. The molecule has 18 rings (SSSR count). The number of rotatable bonds is 1. The van der Waals surface area contributed by atoms with Crippen molar-refractivity contribution in [2.24, 2.45) is 41.4 Å². The van der Waals surface area contributed by atoms with Crippen LogP contribution in [0.15, 0.2) is 110 Å². The largest absolute Gasteiger partial charge is 0.422 e. The van der Waals surface area contributed by atoms with Gasteiger partial charge in [0, 0.05) is 41.4 Å². The Morgan fingerprint density at radius 3 is 2.13 bits per heavy atom. The summed E-state index contributed by atoms with van der Waals surface area (Å²) in [5.74, 6) is -7.01. The lowest BCUT2D eigenvalue weighted by molar-refractivity contribution is -0.143. The zero-order chi connectivity index (χ0) is 35.7. The van der Waals surface area contributed by atoms with Crippen LogP contribution < -0.4 is 4.90 Å². The van der Waals surface area contributed by atoms with Crippen molar-refractivity contribution >= 4 is 33.2 Å². The number of fused-ring (bicyclic) bond motifs is 6. The Labute approximate surface area is 305 Å². The molecule has 0 aromatic heterocycles. The molecule has 1 aliphatic heterocycles. The molecule has 55 heavy (non-hydrogen) atoms. The van der Waals surface area contributed by atoms with Gasteiger partial charge in [0.2, 0.25) is 0 Å². The molecule has 0 N–H and O–H groups in total. The second-order valence-electron chi connectivity index (χ2n) is 18.2. The van der Waals surface area contributed by atoms with E-state index in [2.05, 4.69) is 48.6 Å². The van der Waals surface area contributed by atoms with Crippen molar-refractivity contribution in [3.05, 3.63) is 172 Å². The van der Waals surface area contributed by atoms with Gasteiger partial charge in [-0.15, -0.1) is 0 Å². The van der Waals surface area contributed by atoms with Gasteiger partial charge in [-0.05, 0) is 129 Å². The van der Waals surface area contributed by atoms with E-state index in [1.165, 1.54) is 76.9 Å². The molecule has 10 unspecified atom stereocenters. The normalized spacial score (nSPS) is 37.3. The average Bonchev–Trinajstić information content (AvgIpc) is 3.70. The van der Waals surface area contributed by atoms with E-state index < -0.39 is 40.7 Å². The van der Waals surface area contributed by atoms with Gasteiger partial charge in [0.15, 0.2) is 23.3 Å². The van der Waals surface area contributed by atoms with E-state index >= 15 is 17.6 Å². The Morgan fingerprint density at radius 2 is 1.33 bits per heavy atom. The summed E-state index contributed by atoms with van der Waals surface area (Å²) in [4.78, 5) is 1.22. The Bertz CT molecular complexity index is 3260. The van der Waals surface area contributed by atoms with Gasteiger partial charge in [0.1, 0.15) is 11.3 Å². The highest BCUT2D eigenvalue weighted by Gasteiger charge is 2.71. The predicted octanol–water partition coefficient (Wildman–Crippen LogP) is 10.7. The molecular weight excluding hydrogens is 712 g/mol. The first-order valence-electron chi connectivity index (χ1n) is 19.4. The highest BCUT2D eigenvalue weighted by atomic mass is 19.4. The number of allylic oxidation sites excluding steroid dienone is 18. The Morgan fingerprint density at radius 1 is 0.564 bits per heavy atom. The highest BCUT2D eigenvalue weighted by Crippen LogP contribution is 2.84. The Balaban J connectivity index is 1.06. The summed E-state index contributed by atoms with van der Waals surface area (Å²) in [6.07, 6.45) is 8.82. The molecule has 15 aliphatic rings. The molecule has 10 atom stereocenters. The van der Waals surface area contributed by atoms with Gasteiger partial charge in [-0.2, -0.15) is 13.2 Å². The van der Waals surface area contributed by atoms with E-state index in [-0.39, 0.29) is 35.5 Å². The average molecular weight is 730 g/mol. The van der Waals surface area contributed by atoms with Crippen LogP contribution in [0, 0.1) is 64.7 Å². The van der Waals surface area contributed by atoms with Crippen LogP contribution >= 0.6 is 0 Å². The van der Waals surface area contributed by atoms with Crippen molar-refractivity contribution in [1.82, 2.24) is 0 Å². The maximum absolute atomic E-state index is 16.1. The molecule has 2 fully saturated rings. The van der Waals surface area contributed by atoms with E-state index in [1.54, 1.807) is 16.7 Å². The molecule has 1 nitrogen and oxygen atoms in total. The lowest BCUT2D eigenvalue weighted by atomic mass is 9.59. The van der Waals surface area contributed by atoms with Crippen LogP contribution in [0.25, 0.3) is 27.5 Å². The van der Waals surface area contributed by atoms with Gasteiger partial charge in [0.25, 0.3) is 0 Å². The molecule has 8 heteroatoms. The molecule has 14 aliphatic carbocycles. The van der Waals surface area contributed by atoms with Gasteiger partial charge < -0.3 is 4.90 Å². The van der Waals surface area contributed by atoms with Crippen LogP contribution in [-0.4, -0.2) is 0 Å². The second-order valence-corrected chi connectivity index (χ2v) is 18.2. The first-order valence-corrected chi connectivity index (χ1v) is 19.4. The SMILES string of the molecule is Fc1c(F)c(C(F)(F)F)c(F)c(F)c1N1C2=C3C4=C5C6=C7C8=C9C5C(C=C4)C4C=CC5C%10=C%11C(=C8c8c7c7c%12c(ccc%13c%12c8C%11C%13C=C%10)C(=C21)C7C63)C5C94. The fraction of sp³-hybridized carbons (Fsp3) is 0.234. The number of nitrogens with zero attached hydrogens (tertiary/aromatic N) is 1. The second kappa shape index (κ2) is 6.99. The fourth-order valence-corrected chi connectivity index (χ4v) is 16.2. The minimum atomic E-state index is -5.62. The van der Waals surface area contributed by atoms with Crippen molar-refractivity contribution in [1.29, 1.82) is 0 Å². The van der Waals surface area contributed by atoms with Gasteiger partial charge in [-0.3, -0.25) is 0 Å². The number of halogens is 7. The Kier molecular flexibility index (Phi) is 3.36. The van der Waals surface area contributed by atoms with Gasteiger partial charge >= 0.3 is 6.18 Å². The first kappa shape index (κ1) is 26.4. The number of hydrogen-bond acceptors (Lipinski definition) is 1. The van der Waals surface area contributed by atoms with E-state index in [0.717, 1.165) is 22.3 Å². The quantitative estimate of drug-likeness (QED) is 0.104. The zero-order valence-corrected chi connectivity index (χ0v) is 28.0. The van der Waals surface area contributed by atoms with Crippen molar-refractivity contribution in [2.45, 2.75) is 23.9 Å². The molecule has 1 heterocycles. The van der Waals surface area contributed by atoms with Crippen molar-refractivity contribution in [3.63, 3.8) is 0 Å². The van der Waals surface area contributed by atoms with Gasteiger partial charge in [-0.1, -0.05) is 48.6 Å². The molecular formula is C47H18F7N. The lowest BCUT2D eigenvalue weighted by Gasteiger charge is -2.43. The van der Waals surface area contributed by atoms with E-state index in [4.69, 9.17) is 0 Å². The summed E-state index contributed by atoms with van der Waals surface area (Å²) < 4.78 is 105. The van der Waals surface area contributed by atoms with Crippen LogP contribution in [0.5, 0.6) is 0 Å². The number of benzene rings is 3. The number of hydrogen-bond donors (Lipinski definition) is 0. The summed E-state index contributed by atoms with van der Waals surface area (Å²) in [6, 6.07) is 4.37. The molecule has 0 spiro atoms. The molecule has 0 bridgehead atoms. The standard InChI is InChI=1S/C47H18F7N/c48-40-39(47(52,53)54)41(49)43(51)46(42(40)50)55-44-25-15-7-5-13-11-3-1-9-10-2-4-12-14-6-8-16-24-22(14)29-20(12)18(10)27-17(9)19(11)28-21(13)23(15)30-32(25)33(26(16)45(44)55)31(24)38-36(29)34(27)35(28)37(30)38/h1-9,11-13,17,19-21,32-33H. The first-order chi connectivity index (χ1) is 26.7. The summed E-state index contributed by atoms with van der Waals surface area (Å²) in [5.41, 5.74) is 20.9. The molecule has 1 saturated carbocycles. The number of anilines is 1. The van der Waals surface area contributed by atoms with E-state index in [9.17, 15) is 13.2 Å². The molecule has 260 valence electrons. The minimum absolute atomic E-state index is 0.148. The molecule has 0 amide bonds. The maximum Gasteiger partial charge on any atom is 0.422 e. The van der Waals surface area contributed by atoms with Crippen molar-refractivity contribution in [3.8, 4) is 0 Å². The van der Waals surface area contributed by atoms with Crippen molar-refractivity contribution in [2.75, 3.05) is 4.90 Å². The molecule has 3 aromatic rings. The Hall–Kier alpha value is -5.37. The lowest BCUT2D eigenvalue weighted by Crippen LogP contribution is -2.33. The van der Waals surface area contributed by atoms with E-state index in [1.807, 2.05) is 0 Å². The third kappa shape index (κ3) is 2.06. The van der Waals surface area contributed by atoms with Crippen LogP contribution in [0.4, 0.5) is 36.4 Å². The molecule has 0 radical (unpaired) electrons. The third-order valence-electron chi connectivity index (χ3n) is 17.2. The predicted molar refractivity (Wildman–Crippen MR) is 187 cm³/mol. The van der Waals surface area contributed by atoms with Gasteiger partial charge in [0.05, 0.1) is 11.4 Å². The van der Waals surface area contributed by atoms with Crippen LogP contribution in [-0.2, 0) is 6.18 Å².